The van der Waals surface area contributed by atoms with Crippen LogP contribution in [0.3, 0.4) is 0 Å². The second kappa shape index (κ2) is 4.52. The van der Waals surface area contributed by atoms with Crippen molar-refractivity contribution in [2.45, 2.75) is 20.8 Å². The SMILES string of the molecule is CCN(CC)c1nccc2c(C)cccc12. The van der Waals surface area contributed by atoms with Crippen molar-refractivity contribution in [1.29, 1.82) is 0 Å². The molecule has 0 aliphatic carbocycles. The van der Waals surface area contributed by atoms with Gasteiger partial charge in [0.05, 0.1) is 0 Å². The molecular weight excluding hydrogens is 196 g/mol. The summed E-state index contributed by atoms with van der Waals surface area (Å²) < 4.78 is 0. The Morgan fingerprint density at radius 3 is 2.50 bits per heavy atom. The largest absolute Gasteiger partial charge is 0.357 e. The summed E-state index contributed by atoms with van der Waals surface area (Å²) in [5.41, 5.74) is 1.31. The Kier molecular flexibility index (Phi) is 3.09. The van der Waals surface area contributed by atoms with Crippen LogP contribution in [0.5, 0.6) is 0 Å². The van der Waals surface area contributed by atoms with Gasteiger partial charge in [0.2, 0.25) is 0 Å². The van der Waals surface area contributed by atoms with Crippen molar-refractivity contribution < 1.29 is 0 Å². The van der Waals surface area contributed by atoms with Gasteiger partial charge in [-0.2, -0.15) is 0 Å². The van der Waals surface area contributed by atoms with Crippen molar-refractivity contribution in [2.75, 3.05) is 18.0 Å². The monoisotopic (exact) mass is 214 g/mol. The number of benzene rings is 1. The van der Waals surface area contributed by atoms with E-state index in [1.807, 2.05) is 6.20 Å². The fourth-order valence-electron chi connectivity index (χ4n) is 2.12. The van der Waals surface area contributed by atoms with Gasteiger partial charge >= 0.3 is 0 Å². The molecular formula is C14H18N2. The van der Waals surface area contributed by atoms with Crippen LogP contribution in [0.1, 0.15) is 19.4 Å². The van der Waals surface area contributed by atoms with E-state index in [1.165, 1.54) is 16.3 Å². The fraction of sp³-hybridized carbons (Fsp3) is 0.357. The summed E-state index contributed by atoms with van der Waals surface area (Å²) in [7, 11) is 0. The van der Waals surface area contributed by atoms with Crippen LogP contribution in [0.15, 0.2) is 30.5 Å². The molecule has 2 nitrogen and oxygen atoms in total. The molecule has 0 amide bonds. The third-order valence-corrected chi connectivity index (χ3v) is 3.07. The van der Waals surface area contributed by atoms with E-state index in [4.69, 9.17) is 0 Å². The van der Waals surface area contributed by atoms with Gasteiger partial charge in [-0.15, -0.1) is 0 Å². The number of nitrogens with zero attached hydrogens (tertiary/aromatic N) is 2. The minimum Gasteiger partial charge on any atom is -0.357 e. The van der Waals surface area contributed by atoms with Gasteiger partial charge in [0.1, 0.15) is 5.82 Å². The average Bonchev–Trinajstić information content (AvgIpc) is 2.32. The first-order valence-electron chi connectivity index (χ1n) is 5.87. The molecule has 0 fully saturated rings. The number of rotatable bonds is 3. The van der Waals surface area contributed by atoms with E-state index in [-0.39, 0.29) is 0 Å². The Morgan fingerprint density at radius 1 is 1.06 bits per heavy atom. The Bertz CT molecular complexity index is 487. The molecule has 2 aromatic rings. The quantitative estimate of drug-likeness (QED) is 0.778. The van der Waals surface area contributed by atoms with E-state index in [1.54, 1.807) is 0 Å². The Labute approximate surface area is 96.9 Å². The van der Waals surface area contributed by atoms with Gasteiger partial charge < -0.3 is 4.90 Å². The van der Waals surface area contributed by atoms with Crippen molar-refractivity contribution >= 4 is 16.6 Å². The van der Waals surface area contributed by atoms with Crippen molar-refractivity contribution in [3.05, 3.63) is 36.0 Å². The summed E-state index contributed by atoms with van der Waals surface area (Å²) in [5.74, 6) is 1.10. The first-order chi connectivity index (χ1) is 7.77. The van der Waals surface area contributed by atoms with Crippen LogP contribution >= 0.6 is 0 Å². The summed E-state index contributed by atoms with van der Waals surface area (Å²) in [6.45, 7) is 8.47. The van der Waals surface area contributed by atoms with E-state index < -0.39 is 0 Å². The highest BCUT2D eigenvalue weighted by Crippen LogP contribution is 2.26. The maximum absolute atomic E-state index is 4.52. The van der Waals surface area contributed by atoms with Crippen molar-refractivity contribution in [2.24, 2.45) is 0 Å². The molecule has 0 saturated heterocycles. The number of hydrogen-bond donors (Lipinski definition) is 0. The Hall–Kier alpha value is -1.57. The third-order valence-electron chi connectivity index (χ3n) is 3.07. The highest BCUT2D eigenvalue weighted by molar-refractivity contribution is 5.94. The van der Waals surface area contributed by atoms with Gasteiger partial charge in [-0.3, -0.25) is 0 Å². The van der Waals surface area contributed by atoms with Crippen LogP contribution in [0.25, 0.3) is 10.8 Å². The minimum atomic E-state index is 0.997. The summed E-state index contributed by atoms with van der Waals surface area (Å²) >= 11 is 0. The number of pyridine rings is 1. The highest BCUT2D eigenvalue weighted by atomic mass is 15.2. The van der Waals surface area contributed by atoms with Gasteiger partial charge in [0, 0.05) is 24.7 Å². The Morgan fingerprint density at radius 2 is 1.81 bits per heavy atom. The summed E-state index contributed by atoms with van der Waals surface area (Å²) in [4.78, 5) is 6.81. The number of aryl methyl sites for hydroxylation is 1. The van der Waals surface area contributed by atoms with Crippen LogP contribution in [0.4, 0.5) is 5.82 Å². The van der Waals surface area contributed by atoms with Crippen LogP contribution in [0.2, 0.25) is 0 Å². The molecule has 2 heteroatoms. The molecule has 0 atom stereocenters. The second-order valence-electron chi connectivity index (χ2n) is 3.98. The lowest BCUT2D eigenvalue weighted by Gasteiger charge is -2.21. The first-order valence-corrected chi connectivity index (χ1v) is 5.87. The topological polar surface area (TPSA) is 16.1 Å². The van der Waals surface area contributed by atoms with E-state index >= 15 is 0 Å². The van der Waals surface area contributed by atoms with Gasteiger partial charge in [-0.25, -0.2) is 4.98 Å². The molecule has 1 aromatic heterocycles. The van der Waals surface area contributed by atoms with Crippen molar-refractivity contribution in [1.82, 2.24) is 4.98 Å². The molecule has 0 unspecified atom stereocenters. The van der Waals surface area contributed by atoms with E-state index in [0.29, 0.717) is 0 Å². The third kappa shape index (κ3) is 1.75. The zero-order valence-electron chi connectivity index (χ0n) is 10.2. The van der Waals surface area contributed by atoms with E-state index in [0.717, 1.165) is 18.9 Å². The molecule has 0 aliphatic rings. The van der Waals surface area contributed by atoms with Crippen LogP contribution in [-0.2, 0) is 0 Å². The summed E-state index contributed by atoms with van der Waals surface area (Å²) in [6.07, 6.45) is 1.91. The lowest BCUT2D eigenvalue weighted by atomic mass is 10.1. The maximum Gasteiger partial charge on any atom is 0.136 e. The maximum atomic E-state index is 4.52. The smallest absolute Gasteiger partial charge is 0.136 e. The second-order valence-corrected chi connectivity index (χ2v) is 3.98. The molecule has 0 aliphatic heterocycles. The normalized spacial score (nSPS) is 10.7. The highest BCUT2D eigenvalue weighted by Gasteiger charge is 2.08. The molecule has 0 N–H and O–H groups in total. The van der Waals surface area contributed by atoms with Crippen molar-refractivity contribution in [3.63, 3.8) is 0 Å². The zero-order valence-corrected chi connectivity index (χ0v) is 10.2. The number of anilines is 1. The molecule has 2 rings (SSSR count). The average molecular weight is 214 g/mol. The molecule has 16 heavy (non-hydrogen) atoms. The van der Waals surface area contributed by atoms with Crippen LogP contribution in [-0.4, -0.2) is 18.1 Å². The number of hydrogen-bond acceptors (Lipinski definition) is 2. The molecule has 1 aromatic carbocycles. The predicted octanol–water partition coefficient (Wildman–Crippen LogP) is 3.39. The molecule has 84 valence electrons. The molecule has 0 spiro atoms. The molecule has 0 bridgehead atoms. The molecule has 1 heterocycles. The number of aromatic nitrogens is 1. The number of fused-ring (bicyclic) bond motifs is 1. The van der Waals surface area contributed by atoms with Crippen LogP contribution < -0.4 is 4.90 Å². The standard InChI is InChI=1S/C14H18N2/c1-4-16(5-2)14-13-8-6-7-11(3)12(13)9-10-15-14/h6-10H,4-5H2,1-3H3. The Balaban J connectivity index is 2.66. The lowest BCUT2D eigenvalue weighted by Crippen LogP contribution is -2.23. The first kappa shape index (κ1) is 10.9. The zero-order chi connectivity index (χ0) is 11.5. The predicted molar refractivity (Wildman–Crippen MR) is 70.0 cm³/mol. The van der Waals surface area contributed by atoms with E-state index in [9.17, 15) is 0 Å². The van der Waals surface area contributed by atoms with Gasteiger partial charge in [-0.1, -0.05) is 18.2 Å². The van der Waals surface area contributed by atoms with Gasteiger partial charge in [-0.05, 0) is 37.8 Å². The van der Waals surface area contributed by atoms with Gasteiger partial charge in [0.15, 0.2) is 0 Å². The van der Waals surface area contributed by atoms with Gasteiger partial charge in [0.25, 0.3) is 0 Å². The fourth-order valence-corrected chi connectivity index (χ4v) is 2.12. The summed E-state index contributed by atoms with van der Waals surface area (Å²) in [6, 6.07) is 8.50. The van der Waals surface area contributed by atoms with Crippen LogP contribution in [0, 0.1) is 6.92 Å². The minimum absolute atomic E-state index is 0.997. The lowest BCUT2D eigenvalue weighted by molar-refractivity contribution is 0.852. The van der Waals surface area contributed by atoms with E-state index in [2.05, 4.69) is 54.9 Å². The van der Waals surface area contributed by atoms with Crippen molar-refractivity contribution in [3.8, 4) is 0 Å². The molecule has 0 saturated carbocycles. The summed E-state index contributed by atoms with van der Waals surface area (Å²) in [5, 5.41) is 2.56. The molecule has 0 radical (unpaired) electrons.